The molecule has 4 heteroatoms. The Morgan fingerprint density at radius 2 is 2.67 bits per heavy atom. The number of thioether (sulfide) groups is 1. The highest BCUT2D eigenvalue weighted by Gasteiger charge is 2.20. The first-order valence-corrected chi connectivity index (χ1v) is 4.03. The smallest absolute Gasteiger partial charge is 0.237 e. The molecular weight excluding hydrogens is 136 g/mol. The van der Waals surface area contributed by atoms with Gasteiger partial charge in [0.25, 0.3) is 0 Å². The Morgan fingerprint density at radius 3 is 3.11 bits per heavy atom. The minimum Gasteiger partial charge on any atom is -0.358 e. The van der Waals surface area contributed by atoms with Crippen molar-refractivity contribution in [3.63, 3.8) is 0 Å². The molecule has 0 aromatic carbocycles. The summed E-state index contributed by atoms with van der Waals surface area (Å²) in [6, 6.07) is 0.0417. The molecule has 0 spiro atoms. The highest BCUT2D eigenvalue weighted by Crippen LogP contribution is 2.08. The molecule has 0 saturated carbocycles. The molecule has 1 fully saturated rings. The quantitative estimate of drug-likeness (QED) is 0.519. The van der Waals surface area contributed by atoms with Crippen molar-refractivity contribution in [3.8, 4) is 0 Å². The molecule has 0 radical (unpaired) electrons. The van der Waals surface area contributed by atoms with Gasteiger partial charge in [-0.05, 0) is 0 Å². The molecular formula is C5H10N2OS. The van der Waals surface area contributed by atoms with E-state index in [1.54, 1.807) is 18.8 Å². The van der Waals surface area contributed by atoms with E-state index in [1.165, 1.54) is 0 Å². The first-order chi connectivity index (χ1) is 4.34. The van der Waals surface area contributed by atoms with E-state index in [1.807, 2.05) is 0 Å². The molecule has 9 heavy (non-hydrogen) atoms. The average Bonchev–Trinajstić information content (AvgIpc) is 2.37. The Balaban J connectivity index is 2.32. The number of amides is 1. The van der Waals surface area contributed by atoms with Crippen LogP contribution in [0.2, 0.25) is 0 Å². The second kappa shape index (κ2) is 3.08. The number of carbonyl (C=O) groups excluding carboxylic acids is 1. The number of rotatable bonds is 1. The van der Waals surface area contributed by atoms with E-state index < -0.39 is 0 Å². The van der Waals surface area contributed by atoms with Gasteiger partial charge in [0.1, 0.15) is 0 Å². The molecule has 1 aliphatic heterocycles. The van der Waals surface area contributed by atoms with Crippen LogP contribution >= 0.6 is 11.8 Å². The predicted octanol–water partition coefficient (Wildman–Crippen LogP) is -0.605. The largest absolute Gasteiger partial charge is 0.358 e. The van der Waals surface area contributed by atoms with Crippen LogP contribution in [0.15, 0.2) is 0 Å². The Kier molecular flexibility index (Phi) is 2.36. The second-order valence-electron chi connectivity index (χ2n) is 1.89. The van der Waals surface area contributed by atoms with Gasteiger partial charge in [-0.3, -0.25) is 10.1 Å². The minimum atomic E-state index is 0.0417. The van der Waals surface area contributed by atoms with Crippen LogP contribution in [-0.2, 0) is 4.79 Å². The maximum absolute atomic E-state index is 10.8. The number of hydrogen-bond donors (Lipinski definition) is 2. The van der Waals surface area contributed by atoms with E-state index in [2.05, 4.69) is 10.6 Å². The summed E-state index contributed by atoms with van der Waals surface area (Å²) in [6.45, 7) is 0. The standard InChI is InChI=1S/C5H10N2OS/c1-6-5(8)4-2-9-3-7-4/h4,7H,2-3H2,1H3,(H,6,8)/t4-/m0/s1. The van der Waals surface area contributed by atoms with Gasteiger partial charge in [0.15, 0.2) is 0 Å². The summed E-state index contributed by atoms with van der Waals surface area (Å²) in [5.74, 6) is 1.90. The second-order valence-corrected chi connectivity index (χ2v) is 2.92. The van der Waals surface area contributed by atoms with E-state index in [-0.39, 0.29) is 11.9 Å². The van der Waals surface area contributed by atoms with Gasteiger partial charge in [-0.25, -0.2) is 0 Å². The normalized spacial score (nSPS) is 26.1. The predicted molar refractivity (Wildman–Crippen MR) is 38.3 cm³/mol. The maximum Gasteiger partial charge on any atom is 0.237 e. The Labute approximate surface area is 58.6 Å². The van der Waals surface area contributed by atoms with Crippen LogP contribution in [0.5, 0.6) is 0 Å². The highest BCUT2D eigenvalue weighted by atomic mass is 32.2. The third-order valence-corrected chi connectivity index (χ3v) is 2.22. The summed E-state index contributed by atoms with van der Waals surface area (Å²) in [4.78, 5) is 10.8. The van der Waals surface area contributed by atoms with Crippen molar-refractivity contribution in [1.29, 1.82) is 0 Å². The molecule has 0 unspecified atom stereocenters. The lowest BCUT2D eigenvalue weighted by molar-refractivity contribution is -0.121. The van der Waals surface area contributed by atoms with Crippen molar-refractivity contribution in [2.75, 3.05) is 18.7 Å². The van der Waals surface area contributed by atoms with Crippen LogP contribution in [0.25, 0.3) is 0 Å². The summed E-state index contributed by atoms with van der Waals surface area (Å²) in [6.07, 6.45) is 0. The van der Waals surface area contributed by atoms with Gasteiger partial charge in [-0.1, -0.05) is 0 Å². The first-order valence-electron chi connectivity index (χ1n) is 2.87. The molecule has 0 aromatic heterocycles. The zero-order valence-electron chi connectivity index (χ0n) is 5.31. The van der Waals surface area contributed by atoms with Crippen molar-refractivity contribution >= 4 is 17.7 Å². The monoisotopic (exact) mass is 146 g/mol. The van der Waals surface area contributed by atoms with Crippen LogP contribution in [-0.4, -0.2) is 30.6 Å². The lowest BCUT2D eigenvalue weighted by atomic mass is 10.3. The van der Waals surface area contributed by atoms with Crippen LogP contribution < -0.4 is 10.6 Å². The zero-order chi connectivity index (χ0) is 6.69. The molecule has 0 aliphatic carbocycles. The average molecular weight is 146 g/mol. The van der Waals surface area contributed by atoms with E-state index in [0.29, 0.717) is 0 Å². The minimum absolute atomic E-state index is 0.0417. The van der Waals surface area contributed by atoms with Crippen LogP contribution in [0.3, 0.4) is 0 Å². The van der Waals surface area contributed by atoms with Crippen molar-refractivity contribution < 1.29 is 4.79 Å². The zero-order valence-corrected chi connectivity index (χ0v) is 6.12. The molecule has 1 rings (SSSR count). The van der Waals surface area contributed by atoms with E-state index in [9.17, 15) is 4.79 Å². The molecule has 3 nitrogen and oxygen atoms in total. The molecule has 52 valence electrons. The van der Waals surface area contributed by atoms with Gasteiger partial charge in [0.2, 0.25) is 5.91 Å². The summed E-state index contributed by atoms with van der Waals surface area (Å²) < 4.78 is 0. The highest BCUT2D eigenvalue weighted by molar-refractivity contribution is 7.99. The van der Waals surface area contributed by atoms with Gasteiger partial charge in [-0.15, -0.1) is 11.8 Å². The van der Waals surface area contributed by atoms with Crippen LogP contribution in [0.1, 0.15) is 0 Å². The Bertz CT molecular complexity index is 112. The van der Waals surface area contributed by atoms with E-state index in [4.69, 9.17) is 0 Å². The van der Waals surface area contributed by atoms with Gasteiger partial charge in [0.05, 0.1) is 6.04 Å². The summed E-state index contributed by atoms with van der Waals surface area (Å²) >= 11 is 1.75. The molecule has 1 heterocycles. The molecule has 0 bridgehead atoms. The topological polar surface area (TPSA) is 41.1 Å². The van der Waals surface area contributed by atoms with Crippen LogP contribution in [0, 0.1) is 0 Å². The molecule has 1 aliphatic rings. The Hall–Kier alpha value is -0.220. The SMILES string of the molecule is CNC(=O)[C@@H]1CSCN1. The fourth-order valence-electron chi connectivity index (χ4n) is 0.738. The van der Waals surface area contributed by atoms with E-state index in [0.717, 1.165) is 11.6 Å². The Morgan fingerprint density at radius 1 is 1.89 bits per heavy atom. The number of nitrogens with one attached hydrogen (secondary N) is 2. The lowest BCUT2D eigenvalue weighted by Crippen LogP contribution is -2.40. The third-order valence-electron chi connectivity index (χ3n) is 1.28. The van der Waals surface area contributed by atoms with Gasteiger partial charge < -0.3 is 5.32 Å². The van der Waals surface area contributed by atoms with Gasteiger partial charge in [0, 0.05) is 18.7 Å². The maximum atomic E-state index is 10.8. The first kappa shape index (κ1) is 6.89. The molecule has 1 atom stereocenters. The van der Waals surface area contributed by atoms with Crippen molar-refractivity contribution in [2.45, 2.75) is 6.04 Å². The lowest BCUT2D eigenvalue weighted by Gasteiger charge is -2.04. The molecule has 0 aromatic rings. The molecule has 2 N–H and O–H groups in total. The van der Waals surface area contributed by atoms with E-state index >= 15 is 0 Å². The molecule has 1 saturated heterocycles. The number of carbonyl (C=O) groups is 1. The third kappa shape index (κ3) is 1.59. The van der Waals surface area contributed by atoms with Crippen molar-refractivity contribution in [3.05, 3.63) is 0 Å². The van der Waals surface area contributed by atoms with Crippen molar-refractivity contribution in [2.24, 2.45) is 0 Å². The van der Waals surface area contributed by atoms with Gasteiger partial charge >= 0.3 is 0 Å². The number of hydrogen-bond acceptors (Lipinski definition) is 3. The fraction of sp³-hybridized carbons (Fsp3) is 0.800. The summed E-state index contributed by atoms with van der Waals surface area (Å²) in [5, 5.41) is 5.65. The van der Waals surface area contributed by atoms with Crippen molar-refractivity contribution in [1.82, 2.24) is 10.6 Å². The van der Waals surface area contributed by atoms with Gasteiger partial charge in [-0.2, -0.15) is 0 Å². The summed E-state index contributed by atoms with van der Waals surface area (Å²) in [7, 11) is 1.66. The van der Waals surface area contributed by atoms with Crippen LogP contribution in [0.4, 0.5) is 0 Å². The number of likely N-dealkylation sites (N-methyl/N-ethyl adjacent to an activating group) is 1. The molecule has 1 amide bonds. The summed E-state index contributed by atoms with van der Waals surface area (Å²) in [5.41, 5.74) is 0. The fourth-order valence-corrected chi connectivity index (χ4v) is 1.68.